The van der Waals surface area contributed by atoms with E-state index in [1.165, 1.54) is 31.2 Å². The average molecular weight is 458 g/mol. The fourth-order valence-corrected chi connectivity index (χ4v) is 4.15. The number of nitriles is 1. The number of esters is 1. The molecule has 1 aliphatic rings. The lowest BCUT2D eigenvalue weighted by atomic mass is 10.2. The van der Waals surface area contributed by atoms with Crippen molar-refractivity contribution in [1.82, 2.24) is 4.72 Å². The quantitative estimate of drug-likeness (QED) is 0.580. The first-order chi connectivity index (χ1) is 15.3. The van der Waals surface area contributed by atoms with E-state index in [2.05, 4.69) is 10.0 Å². The van der Waals surface area contributed by atoms with Crippen molar-refractivity contribution >= 4 is 27.6 Å². The van der Waals surface area contributed by atoms with E-state index in [0.717, 1.165) is 12.8 Å². The van der Waals surface area contributed by atoms with Crippen molar-refractivity contribution in [3.8, 4) is 6.07 Å². The minimum absolute atomic E-state index is 0.00279. The number of hydrogen-bond acceptors (Lipinski definition) is 7. The second-order valence-corrected chi connectivity index (χ2v) is 9.01. The monoisotopic (exact) mass is 457 g/mol. The fraction of sp³-hybridized carbons (Fsp3) is 0.318. The van der Waals surface area contributed by atoms with Crippen LogP contribution in [0.15, 0.2) is 53.4 Å². The van der Waals surface area contributed by atoms with Crippen LogP contribution in [0.25, 0.3) is 0 Å². The molecule has 2 aromatic carbocycles. The number of carbonyl (C=O) groups excluding carboxylic acids is 2. The zero-order chi connectivity index (χ0) is 23.1. The molecule has 0 aliphatic carbocycles. The Hall–Kier alpha value is -3.26. The highest BCUT2D eigenvalue weighted by Gasteiger charge is 2.23. The zero-order valence-electron chi connectivity index (χ0n) is 17.4. The van der Waals surface area contributed by atoms with Crippen molar-refractivity contribution in [1.29, 1.82) is 5.26 Å². The summed E-state index contributed by atoms with van der Waals surface area (Å²) in [4.78, 5) is 24.7. The Morgan fingerprint density at radius 1 is 1.25 bits per heavy atom. The molecule has 0 bridgehead atoms. The van der Waals surface area contributed by atoms with E-state index >= 15 is 0 Å². The lowest BCUT2D eigenvalue weighted by molar-refractivity contribution is -0.123. The van der Waals surface area contributed by atoms with Gasteiger partial charge in [-0.1, -0.05) is 6.07 Å². The minimum atomic E-state index is -3.84. The Kier molecular flexibility index (Phi) is 7.58. The van der Waals surface area contributed by atoms with Gasteiger partial charge in [0.2, 0.25) is 10.0 Å². The number of anilines is 1. The molecule has 2 atom stereocenters. The first-order valence-corrected chi connectivity index (χ1v) is 11.5. The summed E-state index contributed by atoms with van der Waals surface area (Å²) < 4.78 is 38.2. The number of hydrogen-bond donors (Lipinski definition) is 2. The molecule has 2 N–H and O–H groups in total. The van der Waals surface area contributed by atoms with Gasteiger partial charge in [-0.2, -0.15) is 5.26 Å². The van der Waals surface area contributed by atoms with E-state index in [1.54, 1.807) is 24.3 Å². The Morgan fingerprint density at radius 3 is 2.66 bits per heavy atom. The van der Waals surface area contributed by atoms with Crippen LogP contribution in [0, 0.1) is 11.3 Å². The normalized spacial score (nSPS) is 16.7. The molecule has 1 heterocycles. The summed E-state index contributed by atoms with van der Waals surface area (Å²) in [5.41, 5.74) is 0.896. The topological polar surface area (TPSA) is 135 Å². The molecule has 0 saturated carbocycles. The summed E-state index contributed by atoms with van der Waals surface area (Å²) >= 11 is 0. The van der Waals surface area contributed by atoms with Crippen LogP contribution in [0.4, 0.5) is 5.69 Å². The van der Waals surface area contributed by atoms with Crippen LogP contribution in [0.1, 0.15) is 35.7 Å². The summed E-state index contributed by atoms with van der Waals surface area (Å²) in [5.74, 6) is -1.39. The molecule has 1 fully saturated rings. The van der Waals surface area contributed by atoms with Crippen LogP contribution >= 0.6 is 0 Å². The van der Waals surface area contributed by atoms with E-state index in [1.807, 2.05) is 6.07 Å². The van der Waals surface area contributed by atoms with Crippen LogP contribution in [0.3, 0.4) is 0 Å². The van der Waals surface area contributed by atoms with Crippen LogP contribution in [0.2, 0.25) is 0 Å². The standard InChI is InChI=1S/C22H23N3O6S/c1-15(21(26)25-18-9-7-16(13-23)8-10-18)31-22(27)17-4-2-6-20(12-17)32(28,29)24-14-19-5-3-11-30-19/h2,4,6-10,12,15,19,24H,3,5,11,14H2,1H3,(H,25,26)/t15-,19+/m0/s1. The van der Waals surface area contributed by atoms with Gasteiger partial charge in [-0.15, -0.1) is 0 Å². The minimum Gasteiger partial charge on any atom is -0.449 e. The highest BCUT2D eigenvalue weighted by molar-refractivity contribution is 7.89. The third-order valence-electron chi connectivity index (χ3n) is 4.84. The molecule has 0 radical (unpaired) electrons. The third-order valence-corrected chi connectivity index (χ3v) is 6.26. The number of ether oxygens (including phenoxy) is 2. The van der Waals surface area contributed by atoms with E-state index in [9.17, 15) is 18.0 Å². The van der Waals surface area contributed by atoms with E-state index in [-0.39, 0.29) is 23.1 Å². The molecule has 2 aromatic rings. The van der Waals surface area contributed by atoms with Crippen LogP contribution in [-0.4, -0.2) is 45.7 Å². The number of nitrogens with one attached hydrogen (secondary N) is 2. The molecule has 9 nitrogen and oxygen atoms in total. The summed E-state index contributed by atoms with van der Waals surface area (Å²) in [7, 11) is -3.84. The molecule has 1 aliphatic heterocycles. The van der Waals surface area contributed by atoms with Crippen molar-refractivity contribution in [3.63, 3.8) is 0 Å². The van der Waals surface area contributed by atoms with Crippen LogP contribution < -0.4 is 10.0 Å². The van der Waals surface area contributed by atoms with Crippen molar-refractivity contribution in [2.75, 3.05) is 18.5 Å². The number of carbonyl (C=O) groups is 2. The largest absolute Gasteiger partial charge is 0.449 e. The summed E-state index contributed by atoms with van der Waals surface area (Å²) in [6.45, 7) is 2.18. The molecule has 0 unspecified atom stereocenters. The smallest absolute Gasteiger partial charge is 0.338 e. The van der Waals surface area contributed by atoms with Gasteiger partial charge in [-0.3, -0.25) is 4.79 Å². The maximum absolute atomic E-state index is 12.5. The molecule has 0 aromatic heterocycles. The lowest BCUT2D eigenvalue weighted by Crippen LogP contribution is -2.32. The van der Waals surface area contributed by atoms with E-state index < -0.39 is 28.0 Å². The second-order valence-electron chi connectivity index (χ2n) is 7.24. The molecule has 0 spiro atoms. The van der Waals surface area contributed by atoms with E-state index in [0.29, 0.717) is 17.9 Å². The molecule has 1 amide bonds. The van der Waals surface area contributed by atoms with Gasteiger partial charge in [-0.05, 0) is 62.2 Å². The predicted molar refractivity (Wildman–Crippen MR) is 115 cm³/mol. The first kappa shape index (κ1) is 23.4. The van der Waals surface area contributed by atoms with Gasteiger partial charge in [0, 0.05) is 18.8 Å². The van der Waals surface area contributed by atoms with Gasteiger partial charge in [0.25, 0.3) is 5.91 Å². The van der Waals surface area contributed by atoms with Gasteiger partial charge < -0.3 is 14.8 Å². The highest BCUT2D eigenvalue weighted by Crippen LogP contribution is 2.16. The fourth-order valence-electron chi connectivity index (χ4n) is 3.04. The Labute approximate surface area is 186 Å². The van der Waals surface area contributed by atoms with Crippen molar-refractivity contribution in [2.24, 2.45) is 0 Å². The van der Waals surface area contributed by atoms with Crippen LogP contribution in [0.5, 0.6) is 0 Å². The van der Waals surface area contributed by atoms with Gasteiger partial charge >= 0.3 is 5.97 Å². The molecule has 1 saturated heterocycles. The van der Waals surface area contributed by atoms with Crippen LogP contribution in [-0.2, 0) is 24.3 Å². The Balaban J connectivity index is 1.60. The van der Waals surface area contributed by atoms with E-state index in [4.69, 9.17) is 14.7 Å². The number of rotatable bonds is 8. The maximum atomic E-state index is 12.5. The zero-order valence-corrected chi connectivity index (χ0v) is 18.2. The van der Waals surface area contributed by atoms with Gasteiger partial charge in [0.15, 0.2) is 6.10 Å². The molecule has 32 heavy (non-hydrogen) atoms. The molecular weight excluding hydrogens is 434 g/mol. The summed E-state index contributed by atoms with van der Waals surface area (Å²) in [6.07, 6.45) is 0.395. The number of sulfonamides is 1. The molecule has 168 valence electrons. The van der Waals surface area contributed by atoms with Gasteiger partial charge in [0.05, 0.1) is 28.2 Å². The Morgan fingerprint density at radius 2 is 2.00 bits per heavy atom. The second kappa shape index (κ2) is 10.4. The first-order valence-electron chi connectivity index (χ1n) is 10.0. The summed E-state index contributed by atoms with van der Waals surface area (Å²) in [5, 5.41) is 11.4. The lowest BCUT2D eigenvalue weighted by Gasteiger charge is -2.14. The average Bonchev–Trinajstić information content (AvgIpc) is 3.32. The molecular formula is C22H23N3O6S. The van der Waals surface area contributed by atoms with Gasteiger partial charge in [0.1, 0.15) is 0 Å². The third kappa shape index (κ3) is 6.13. The van der Waals surface area contributed by atoms with Crippen molar-refractivity contribution < 1.29 is 27.5 Å². The number of benzene rings is 2. The predicted octanol–water partition coefficient (Wildman–Crippen LogP) is 2.20. The van der Waals surface area contributed by atoms with Gasteiger partial charge in [-0.25, -0.2) is 17.9 Å². The maximum Gasteiger partial charge on any atom is 0.338 e. The molecule has 3 rings (SSSR count). The number of nitrogens with zero attached hydrogens (tertiary/aromatic N) is 1. The summed E-state index contributed by atoms with van der Waals surface area (Å²) in [6, 6.07) is 13.6. The Bertz CT molecular complexity index is 1120. The number of amides is 1. The molecule has 10 heteroatoms. The SMILES string of the molecule is C[C@H](OC(=O)c1cccc(S(=O)(=O)NC[C@H]2CCCO2)c1)C(=O)Nc1ccc(C#N)cc1. The van der Waals surface area contributed by atoms with Crippen molar-refractivity contribution in [2.45, 2.75) is 36.9 Å². The highest BCUT2D eigenvalue weighted by atomic mass is 32.2. The van der Waals surface area contributed by atoms with Crippen molar-refractivity contribution in [3.05, 3.63) is 59.7 Å².